The van der Waals surface area contributed by atoms with Crippen molar-refractivity contribution in [2.75, 3.05) is 12.4 Å². The summed E-state index contributed by atoms with van der Waals surface area (Å²) in [4.78, 5) is 17.3. The number of fused-ring (bicyclic) bond motifs is 1. The Kier molecular flexibility index (Phi) is 6.21. The van der Waals surface area contributed by atoms with Gasteiger partial charge in [0, 0.05) is 0 Å². The molecule has 0 radical (unpaired) electrons. The molecule has 0 aliphatic heterocycles. The quantitative estimate of drug-likeness (QED) is 0.594. The molecule has 2 N–H and O–H groups in total. The van der Waals surface area contributed by atoms with Gasteiger partial charge < -0.3 is 10.1 Å². The minimum absolute atomic E-state index is 0.101. The molecule has 0 aliphatic rings. The normalized spacial score (nSPS) is 12.9. The highest BCUT2D eigenvalue weighted by molar-refractivity contribution is 7.89. The molecule has 0 saturated heterocycles. The number of amides is 1. The first-order valence-electron chi connectivity index (χ1n) is 9.04. The third-order valence-electron chi connectivity index (χ3n) is 4.37. The molecule has 1 aromatic heterocycles. The van der Waals surface area contributed by atoms with Gasteiger partial charge in [-0.25, -0.2) is 13.4 Å². The van der Waals surface area contributed by atoms with Crippen LogP contribution >= 0.6 is 11.3 Å². The molecule has 2 aromatic carbocycles. The number of nitrogens with one attached hydrogen (secondary N) is 2. The van der Waals surface area contributed by atoms with Gasteiger partial charge in [-0.2, -0.15) is 4.72 Å². The number of carbonyl (C=O) groups is 1. The van der Waals surface area contributed by atoms with Crippen molar-refractivity contribution >= 4 is 43.2 Å². The van der Waals surface area contributed by atoms with Gasteiger partial charge in [0.15, 0.2) is 0 Å². The summed E-state index contributed by atoms with van der Waals surface area (Å²) in [7, 11) is -2.40. The molecule has 0 aliphatic carbocycles. The third kappa shape index (κ3) is 4.75. The number of nitrogens with zero attached hydrogens (tertiary/aromatic N) is 1. The highest BCUT2D eigenvalue weighted by atomic mass is 32.2. The van der Waals surface area contributed by atoms with Crippen LogP contribution in [0.2, 0.25) is 0 Å². The summed E-state index contributed by atoms with van der Waals surface area (Å²) < 4.78 is 34.5. The molecule has 9 heteroatoms. The molecule has 0 unspecified atom stereocenters. The molecule has 0 fully saturated rings. The number of sulfonamides is 1. The highest BCUT2D eigenvalue weighted by Crippen LogP contribution is 2.26. The molecule has 3 aromatic rings. The van der Waals surface area contributed by atoms with Crippen LogP contribution in [-0.2, 0) is 14.8 Å². The van der Waals surface area contributed by atoms with Crippen LogP contribution in [0.4, 0.5) is 5.69 Å². The van der Waals surface area contributed by atoms with E-state index in [1.54, 1.807) is 50.2 Å². The fourth-order valence-corrected chi connectivity index (χ4v) is 5.18. The topological polar surface area (TPSA) is 97.4 Å². The molecular formula is C20H23N3O4S2. The second-order valence-corrected chi connectivity index (χ2v) is 9.84. The monoisotopic (exact) mass is 433 g/mol. The number of para-hydroxylation sites is 2. The zero-order chi connectivity index (χ0) is 21.2. The Hall–Kier alpha value is -2.49. The maximum absolute atomic E-state index is 12.9. The van der Waals surface area contributed by atoms with Crippen LogP contribution in [0, 0.1) is 12.8 Å². The van der Waals surface area contributed by atoms with E-state index in [9.17, 15) is 13.2 Å². The Morgan fingerprint density at radius 2 is 1.90 bits per heavy atom. The first kappa shape index (κ1) is 21.2. The number of benzene rings is 2. The number of methoxy groups -OCH3 is 1. The van der Waals surface area contributed by atoms with Crippen molar-refractivity contribution in [3.63, 3.8) is 0 Å². The van der Waals surface area contributed by atoms with Gasteiger partial charge in [-0.15, -0.1) is 11.3 Å². The van der Waals surface area contributed by atoms with E-state index >= 15 is 0 Å². The maximum Gasteiger partial charge on any atom is 0.242 e. The van der Waals surface area contributed by atoms with Crippen molar-refractivity contribution in [3.05, 3.63) is 47.5 Å². The SMILES string of the molecule is COc1ccccc1NC(=O)[C@@H](NS(=O)(=O)c1ccc2nc(C)sc2c1)C(C)C. The van der Waals surface area contributed by atoms with Crippen LogP contribution in [0.15, 0.2) is 47.4 Å². The van der Waals surface area contributed by atoms with Crippen molar-refractivity contribution in [2.45, 2.75) is 31.7 Å². The second kappa shape index (κ2) is 8.48. The van der Waals surface area contributed by atoms with Crippen LogP contribution < -0.4 is 14.8 Å². The fraction of sp³-hybridized carbons (Fsp3) is 0.300. The molecule has 0 spiro atoms. The van der Waals surface area contributed by atoms with Gasteiger partial charge >= 0.3 is 0 Å². The second-order valence-electron chi connectivity index (χ2n) is 6.89. The van der Waals surface area contributed by atoms with Crippen LogP contribution in [0.1, 0.15) is 18.9 Å². The lowest BCUT2D eigenvalue weighted by Crippen LogP contribution is -2.47. The molecule has 154 valence electrons. The lowest BCUT2D eigenvalue weighted by atomic mass is 10.0. The Morgan fingerprint density at radius 1 is 1.17 bits per heavy atom. The molecular weight excluding hydrogens is 410 g/mol. The van der Waals surface area contributed by atoms with Gasteiger partial charge in [-0.1, -0.05) is 26.0 Å². The van der Waals surface area contributed by atoms with Crippen molar-refractivity contribution in [2.24, 2.45) is 5.92 Å². The molecule has 3 rings (SSSR count). The van der Waals surface area contributed by atoms with Gasteiger partial charge in [-0.05, 0) is 43.2 Å². The standard InChI is InChI=1S/C20H23N3O4S2/c1-12(2)19(20(24)22-15-7-5-6-8-17(15)27-4)23-29(25,26)14-9-10-16-18(11-14)28-13(3)21-16/h5-12,19,23H,1-4H3,(H,22,24)/t19-/m0/s1. The predicted octanol–water partition coefficient (Wildman–Crippen LogP) is 3.55. The molecule has 1 heterocycles. The van der Waals surface area contributed by atoms with Crippen molar-refractivity contribution in [3.8, 4) is 5.75 Å². The number of aromatic nitrogens is 1. The molecule has 1 atom stereocenters. The number of hydrogen-bond acceptors (Lipinski definition) is 6. The van der Waals surface area contributed by atoms with E-state index in [0.717, 1.165) is 15.2 Å². The summed E-state index contributed by atoms with van der Waals surface area (Å²) in [6.45, 7) is 5.43. The number of carbonyl (C=O) groups excluding carboxylic acids is 1. The van der Waals surface area contributed by atoms with E-state index in [0.29, 0.717) is 11.4 Å². The smallest absolute Gasteiger partial charge is 0.242 e. The Morgan fingerprint density at radius 3 is 2.59 bits per heavy atom. The van der Waals surface area contributed by atoms with E-state index in [1.165, 1.54) is 24.5 Å². The van der Waals surface area contributed by atoms with Gasteiger partial charge in [0.2, 0.25) is 15.9 Å². The first-order valence-corrected chi connectivity index (χ1v) is 11.3. The zero-order valence-corrected chi connectivity index (χ0v) is 18.2. The van der Waals surface area contributed by atoms with Gasteiger partial charge in [0.1, 0.15) is 11.8 Å². The van der Waals surface area contributed by atoms with E-state index in [4.69, 9.17) is 4.74 Å². The summed E-state index contributed by atoms with van der Waals surface area (Å²) in [5.74, 6) is -0.228. The van der Waals surface area contributed by atoms with Crippen LogP contribution in [0.25, 0.3) is 10.2 Å². The van der Waals surface area contributed by atoms with Gasteiger partial charge in [0.05, 0.1) is 32.9 Å². The van der Waals surface area contributed by atoms with Crippen molar-refractivity contribution in [1.29, 1.82) is 0 Å². The summed E-state index contributed by atoms with van der Waals surface area (Å²) in [6, 6.07) is 10.8. The number of ether oxygens (including phenoxy) is 1. The number of aryl methyl sites for hydroxylation is 1. The molecule has 29 heavy (non-hydrogen) atoms. The van der Waals surface area contributed by atoms with Crippen molar-refractivity contribution in [1.82, 2.24) is 9.71 Å². The third-order valence-corrected chi connectivity index (χ3v) is 6.75. The molecule has 0 bridgehead atoms. The molecule has 0 saturated carbocycles. The Labute approximate surface area is 174 Å². The largest absolute Gasteiger partial charge is 0.495 e. The zero-order valence-electron chi connectivity index (χ0n) is 16.6. The lowest BCUT2D eigenvalue weighted by Gasteiger charge is -2.22. The Bertz CT molecular complexity index is 1140. The average molecular weight is 434 g/mol. The van der Waals surface area contributed by atoms with Crippen molar-refractivity contribution < 1.29 is 17.9 Å². The average Bonchev–Trinajstić information content (AvgIpc) is 3.05. The highest BCUT2D eigenvalue weighted by Gasteiger charge is 2.29. The van der Waals surface area contributed by atoms with E-state index < -0.39 is 22.0 Å². The van der Waals surface area contributed by atoms with E-state index in [-0.39, 0.29) is 10.8 Å². The number of anilines is 1. The van der Waals surface area contributed by atoms with Gasteiger partial charge in [0.25, 0.3) is 0 Å². The molecule has 1 amide bonds. The number of thiazole rings is 1. The van der Waals surface area contributed by atoms with Crippen LogP contribution in [0.5, 0.6) is 5.75 Å². The van der Waals surface area contributed by atoms with E-state index in [2.05, 4.69) is 15.0 Å². The number of rotatable bonds is 7. The summed E-state index contributed by atoms with van der Waals surface area (Å²) in [5, 5.41) is 3.61. The maximum atomic E-state index is 12.9. The molecule has 7 nitrogen and oxygen atoms in total. The lowest BCUT2D eigenvalue weighted by molar-refractivity contribution is -0.118. The predicted molar refractivity (Wildman–Crippen MR) is 115 cm³/mol. The van der Waals surface area contributed by atoms with E-state index in [1.807, 2.05) is 6.92 Å². The fourth-order valence-electron chi connectivity index (χ4n) is 2.87. The summed E-state index contributed by atoms with van der Waals surface area (Å²) >= 11 is 1.42. The van der Waals surface area contributed by atoms with Crippen LogP contribution in [-0.4, -0.2) is 32.5 Å². The Balaban J connectivity index is 1.85. The summed E-state index contributed by atoms with van der Waals surface area (Å²) in [6.07, 6.45) is 0. The minimum atomic E-state index is -3.90. The first-order chi connectivity index (χ1) is 13.7. The van der Waals surface area contributed by atoms with Crippen LogP contribution in [0.3, 0.4) is 0 Å². The van der Waals surface area contributed by atoms with Gasteiger partial charge in [-0.3, -0.25) is 4.79 Å². The number of hydrogen-bond donors (Lipinski definition) is 2. The minimum Gasteiger partial charge on any atom is -0.495 e. The summed E-state index contributed by atoms with van der Waals surface area (Å²) in [5.41, 5.74) is 1.23.